The minimum absolute atomic E-state index is 0.00505. The number of benzene rings is 2. The van der Waals surface area contributed by atoms with Crippen molar-refractivity contribution in [3.63, 3.8) is 0 Å². The van der Waals surface area contributed by atoms with E-state index in [1.54, 1.807) is 0 Å². The van der Waals surface area contributed by atoms with Crippen molar-refractivity contribution in [1.29, 1.82) is 0 Å². The van der Waals surface area contributed by atoms with Crippen molar-refractivity contribution in [2.75, 3.05) is 13.2 Å². The third-order valence-corrected chi connectivity index (χ3v) is 7.15. The molecule has 42 heavy (non-hydrogen) atoms. The van der Waals surface area contributed by atoms with E-state index in [1.807, 2.05) is 0 Å². The van der Waals surface area contributed by atoms with E-state index in [4.69, 9.17) is 23.4 Å². The summed E-state index contributed by atoms with van der Waals surface area (Å²) >= 11 is 0. The zero-order valence-electron chi connectivity index (χ0n) is 21.7. The van der Waals surface area contributed by atoms with Crippen LogP contribution in [0.1, 0.15) is 0 Å². The second kappa shape index (κ2) is 12.1. The first-order valence-corrected chi connectivity index (χ1v) is 12.9. The number of aromatic hydroxyl groups is 2. The van der Waals surface area contributed by atoms with Crippen LogP contribution in [0.2, 0.25) is 0 Å². The molecule has 15 heteroatoms. The second-order valence-electron chi connectivity index (χ2n) is 9.96. The molecular weight excluding hydrogens is 564 g/mol. The van der Waals surface area contributed by atoms with Gasteiger partial charge in [-0.2, -0.15) is 0 Å². The van der Waals surface area contributed by atoms with Crippen molar-refractivity contribution >= 4 is 11.0 Å². The molecule has 0 amide bonds. The molecule has 5 rings (SSSR count). The Morgan fingerprint density at radius 1 is 0.738 bits per heavy atom. The smallest absolute Gasteiger partial charge is 0.229 e. The molecule has 2 aliphatic heterocycles. The van der Waals surface area contributed by atoms with Crippen molar-refractivity contribution in [2.45, 2.75) is 61.4 Å². The molecule has 0 bridgehead atoms. The topological polar surface area (TPSA) is 249 Å². The largest absolute Gasteiger partial charge is 0.508 e. The summed E-state index contributed by atoms with van der Waals surface area (Å²) in [4.78, 5) is 12.7. The van der Waals surface area contributed by atoms with E-state index in [9.17, 15) is 50.8 Å². The minimum Gasteiger partial charge on any atom is -0.508 e. The Balaban J connectivity index is 1.37. The van der Waals surface area contributed by atoms with Gasteiger partial charge in [-0.25, -0.2) is 0 Å². The minimum atomic E-state index is -1.84. The van der Waals surface area contributed by atoms with Gasteiger partial charge in [-0.3, -0.25) is 4.79 Å². The molecule has 0 saturated carbocycles. The van der Waals surface area contributed by atoms with Crippen molar-refractivity contribution in [3.05, 3.63) is 52.7 Å². The zero-order chi connectivity index (χ0) is 30.3. The molecule has 1 aromatic heterocycles. The van der Waals surface area contributed by atoms with E-state index in [2.05, 4.69) is 0 Å². The number of hydrogen-bond acceptors (Lipinski definition) is 15. The maximum Gasteiger partial charge on any atom is 0.229 e. The SMILES string of the molecule is O=c1cc(-c2ccc(O)cc2)oc2cc(OC3O[C@@H](CO)[C@H](OC4O[C@@H](CO)[C@H](O)[C@@H](O)[C@@H]4O)[C@@H](O)[C@@H]3O)cc(O)c12. The highest BCUT2D eigenvalue weighted by Crippen LogP contribution is 2.34. The van der Waals surface area contributed by atoms with E-state index < -0.39 is 85.8 Å². The van der Waals surface area contributed by atoms with E-state index in [0.717, 1.165) is 6.07 Å². The molecule has 2 aliphatic rings. The van der Waals surface area contributed by atoms with Crippen molar-refractivity contribution in [3.8, 4) is 28.6 Å². The summed E-state index contributed by atoms with van der Waals surface area (Å²) in [6, 6.07) is 9.31. The van der Waals surface area contributed by atoms with Gasteiger partial charge in [0.25, 0.3) is 0 Å². The number of ether oxygens (including phenoxy) is 4. The first kappa shape index (κ1) is 30.1. The molecule has 2 fully saturated rings. The number of rotatable bonds is 7. The Hall–Kier alpha value is -3.35. The van der Waals surface area contributed by atoms with Crippen LogP contribution in [-0.4, -0.2) is 121 Å². The first-order valence-electron chi connectivity index (χ1n) is 12.9. The van der Waals surface area contributed by atoms with Crippen LogP contribution in [0.4, 0.5) is 0 Å². The molecular formula is C27H30O15. The normalized spacial score (nSPS) is 33.5. The summed E-state index contributed by atoms with van der Waals surface area (Å²) in [5.74, 6) is -0.526. The number of aliphatic hydroxyl groups is 7. The fourth-order valence-electron chi connectivity index (χ4n) is 4.87. The summed E-state index contributed by atoms with van der Waals surface area (Å²) in [6.07, 6.45) is -16.5. The van der Waals surface area contributed by atoms with Gasteiger partial charge in [0.15, 0.2) is 11.7 Å². The number of aliphatic hydroxyl groups excluding tert-OH is 7. The first-order chi connectivity index (χ1) is 20.0. The van der Waals surface area contributed by atoms with Crippen LogP contribution >= 0.6 is 0 Å². The molecule has 0 spiro atoms. The highest BCUT2D eigenvalue weighted by atomic mass is 16.7. The van der Waals surface area contributed by atoms with Gasteiger partial charge < -0.3 is 69.3 Å². The number of hydrogen-bond donors (Lipinski definition) is 9. The lowest BCUT2D eigenvalue weighted by Crippen LogP contribution is -2.65. The van der Waals surface area contributed by atoms with Gasteiger partial charge in [-0.15, -0.1) is 0 Å². The molecule has 15 nitrogen and oxygen atoms in total. The average molecular weight is 595 g/mol. The molecule has 10 atom stereocenters. The molecule has 9 N–H and O–H groups in total. The third kappa shape index (κ3) is 5.67. The monoisotopic (exact) mass is 594 g/mol. The van der Waals surface area contributed by atoms with Crippen LogP contribution in [0.5, 0.6) is 17.2 Å². The van der Waals surface area contributed by atoms with Gasteiger partial charge in [-0.1, -0.05) is 0 Å². The number of fused-ring (bicyclic) bond motifs is 1. The van der Waals surface area contributed by atoms with Crippen LogP contribution in [0.15, 0.2) is 51.7 Å². The van der Waals surface area contributed by atoms with Gasteiger partial charge in [0, 0.05) is 23.8 Å². The molecule has 0 aliphatic carbocycles. The van der Waals surface area contributed by atoms with Crippen LogP contribution < -0.4 is 10.2 Å². The van der Waals surface area contributed by atoms with E-state index in [-0.39, 0.29) is 28.2 Å². The number of phenolic OH excluding ortho intramolecular Hbond substituents is 2. The molecule has 3 aromatic rings. The fourth-order valence-corrected chi connectivity index (χ4v) is 4.87. The molecule has 228 valence electrons. The average Bonchev–Trinajstić information content (AvgIpc) is 2.96. The van der Waals surface area contributed by atoms with E-state index in [0.29, 0.717) is 5.56 Å². The van der Waals surface area contributed by atoms with Crippen molar-refractivity contribution in [2.24, 2.45) is 0 Å². The lowest BCUT2D eigenvalue weighted by molar-refractivity contribution is -0.352. The van der Waals surface area contributed by atoms with Gasteiger partial charge in [-0.05, 0) is 24.3 Å². The summed E-state index contributed by atoms with van der Waals surface area (Å²) < 4.78 is 27.8. The summed E-state index contributed by atoms with van der Waals surface area (Å²) in [7, 11) is 0. The molecule has 2 unspecified atom stereocenters. The van der Waals surface area contributed by atoms with Gasteiger partial charge in [0.2, 0.25) is 6.29 Å². The Morgan fingerprint density at radius 2 is 1.38 bits per heavy atom. The molecule has 3 heterocycles. The maximum absolute atomic E-state index is 12.7. The molecule has 2 aromatic carbocycles. The van der Waals surface area contributed by atoms with E-state index in [1.165, 1.54) is 36.4 Å². The Labute approximate surface area is 236 Å². The van der Waals surface area contributed by atoms with Crippen LogP contribution in [0, 0.1) is 0 Å². The van der Waals surface area contributed by atoms with Crippen LogP contribution in [-0.2, 0) is 14.2 Å². The Bertz CT molecular complexity index is 1440. The van der Waals surface area contributed by atoms with Gasteiger partial charge in [0.05, 0.1) is 13.2 Å². The second-order valence-corrected chi connectivity index (χ2v) is 9.96. The molecule has 0 radical (unpaired) electrons. The van der Waals surface area contributed by atoms with Gasteiger partial charge >= 0.3 is 0 Å². The maximum atomic E-state index is 12.7. The fraction of sp³-hybridized carbons (Fsp3) is 0.444. The summed E-state index contributed by atoms with van der Waals surface area (Å²) in [5, 5.41) is 91.0. The highest BCUT2D eigenvalue weighted by Gasteiger charge is 2.51. The standard InChI is InChI=1S/C27H30O15/c28-8-17-20(33)21(34)23(36)27(40-17)42-25-18(9-29)41-26(24(37)22(25)35)38-12-5-13(31)19-14(32)7-15(39-16(19)6-12)10-1-3-11(30)4-2-10/h1-7,17-18,20-31,33-37H,8-9H2/t17-,18-,20-,21+,22-,23-,24-,25-,26?,27?/m0/s1. The van der Waals surface area contributed by atoms with E-state index >= 15 is 0 Å². The number of phenols is 2. The summed E-state index contributed by atoms with van der Waals surface area (Å²) in [5.41, 5.74) is -0.196. The van der Waals surface area contributed by atoms with Crippen molar-refractivity contribution < 1.29 is 69.3 Å². The Kier molecular flexibility index (Phi) is 8.68. The zero-order valence-corrected chi connectivity index (χ0v) is 21.7. The highest BCUT2D eigenvalue weighted by molar-refractivity contribution is 5.86. The predicted molar refractivity (Wildman–Crippen MR) is 138 cm³/mol. The summed E-state index contributed by atoms with van der Waals surface area (Å²) in [6.45, 7) is -1.51. The van der Waals surface area contributed by atoms with Crippen LogP contribution in [0.3, 0.4) is 0 Å². The van der Waals surface area contributed by atoms with Gasteiger partial charge in [0.1, 0.15) is 82.8 Å². The lowest BCUT2D eigenvalue weighted by atomic mass is 9.97. The quantitative estimate of drug-likeness (QED) is 0.142. The predicted octanol–water partition coefficient (Wildman–Crippen LogP) is -2.13. The van der Waals surface area contributed by atoms with Crippen LogP contribution in [0.25, 0.3) is 22.3 Å². The third-order valence-electron chi connectivity index (χ3n) is 7.15. The lowest BCUT2D eigenvalue weighted by Gasteiger charge is -2.45. The van der Waals surface area contributed by atoms with Crippen molar-refractivity contribution in [1.82, 2.24) is 0 Å². The molecule has 2 saturated heterocycles. The Morgan fingerprint density at radius 3 is 2.05 bits per heavy atom.